The monoisotopic (exact) mass is 341 g/mol. The number of benzene rings is 1. The summed E-state index contributed by atoms with van der Waals surface area (Å²) in [6.45, 7) is 1.40. The standard InChI is InChI=1S/C15H19NO4S2/c1-10(17)22-9-14(18)16-13(8-21-3)15(19)11-4-6-12(20-2)7-5-11/h4-7,13H,8-9H2,1-3H3,(H,16,18)/t13-/m0/s1. The SMILES string of the molecule is COc1ccc(C(=O)[C@H](CSC)NC(=O)CSC(C)=O)cc1. The smallest absolute Gasteiger partial charge is 0.231 e. The highest BCUT2D eigenvalue weighted by atomic mass is 32.2. The molecule has 0 aromatic heterocycles. The molecule has 1 aromatic carbocycles. The van der Waals surface area contributed by atoms with E-state index in [2.05, 4.69) is 5.32 Å². The molecule has 120 valence electrons. The third-order valence-electron chi connectivity index (χ3n) is 2.77. The number of hydrogen-bond acceptors (Lipinski definition) is 6. The summed E-state index contributed by atoms with van der Waals surface area (Å²) in [4.78, 5) is 35.1. The minimum Gasteiger partial charge on any atom is -0.497 e. The first-order valence-corrected chi connectivity index (χ1v) is 8.95. The van der Waals surface area contributed by atoms with Gasteiger partial charge in [-0.1, -0.05) is 11.8 Å². The minimum absolute atomic E-state index is 0.0239. The number of hydrogen-bond donors (Lipinski definition) is 1. The van der Waals surface area contributed by atoms with Gasteiger partial charge in [0.05, 0.1) is 12.9 Å². The second-order valence-electron chi connectivity index (χ2n) is 4.45. The molecule has 0 saturated heterocycles. The number of ketones is 1. The van der Waals surface area contributed by atoms with Crippen molar-refractivity contribution in [1.29, 1.82) is 0 Å². The van der Waals surface area contributed by atoms with Gasteiger partial charge in [0, 0.05) is 18.2 Å². The second-order valence-corrected chi connectivity index (χ2v) is 6.51. The van der Waals surface area contributed by atoms with Gasteiger partial charge in [0.15, 0.2) is 10.9 Å². The fourth-order valence-electron chi connectivity index (χ4n) is 1.71. The first-order valence-electron chi connectivity index (χ1n) is 6.57. The lowest BCUT2D eigenvalue weighted by Gasteiger charge is -2.16. The summed E-state index contributed by atoms with van der Waals surface area (Å²) in [6, 6.07) is 6.15. The van der Waals surface area contributed by atoms with Gasteiger partial charge in [0.1, 0.15) is 11.8 Å². The van der Waals surface area contributed by atoms with Crippen molar-refractivity contribution in [3.05, 3.63) is 29.8 Å². The number of carbonyl (C=O) groups is 3. The summed E-state index contributed by atoms with van der Waals surface area (Å²) in [6.07, 6.45) is 1.87. The van der Waals surface area contributed by atoms with Crippen molar-refractivity contribution >= 4 is 40.3 Å². The Kier molecular flexibility index (Phi) is 8.05. The zero-order chi connectivity index (χ0) is 16.5. The third kappa shape index (κ3) is 6.11. The lowest BCUT2D eigenvalue weighted by atomic mass is 10.1. The van der Waals surface area contributed by atoms with E-state index in [1.165, 1.54) is 18.7 Å². The van der Waals surface area contributed by atoms with Gasteiger partial charge in [0.2, 0.25) is 5.91 Å². The van der Waals surface area contributed by atoms with Crippen LogP contribution in [0.5, 0.6) is 5.75 Å². The number of ether oxygens (including phenoxy) is 1. The number of thioether (sulfide) groups is 2. The maximum Gasteiger partial charge on any atom is 0.231 e. The van der Waals surface area contributed by atoms with E-state index in [0.717, 1.165) is 11.8 Å². The first kappa shape index (κ1) is 18.6. The summed E-state index contributed by atoms with van der Waals surface area (Å²) in [5.74, 6) is 0.691. The Morgan fingerprint density at radius 1 is 1.23 bits per heavy atom. The normalized spacial score (nSPS) is 11.6. The van der Waals surface area contributed by atoms with Crippen LogP contribution in [-0.2, 0) is 9.59 Å². The number of amides is 1. The van der Waals surface area contributed by atoms with Gasteiger partial charge >= 0.3 is 0 Å². The van der Waals surface area contributed by atoms with E-state index in [1.807, 2.05) is 6.26 Å². The number of Topliss-reactive ketones (excluding diaryl/α,β-unsaturated/α-hetero) is 1. The van der Waals surface area contributed by atoms with Gasteiger partial charge in [-0.2, -0.15) is 11.8 Å². The molecule has 0 bridgehead atoms. The molecule has 0 aliphatic heterocycles. The molecule has 1 aromatic rings. The Balaban J connectivity index is 2.73. The van der Waals surface area contributed by atoms with Crippen LogP contribution < -0.4 is 10.1 Å². The molecule has 1 amide bonds. The first-order chi connectivity index (χ1) is 10.5. The van der Waals surface area contributed by atoms with E-state index in [4.69, 9.17) is 4.74 Å². The van der Waals surface area contributed by atoms with Crippen LogP contribution in [0.2, 0.25) is 0 Å². The highest BCUT2D eigenvalue weighted by molar-refractivity contribution is 8.14. The van der Waals surface area contributed by atoms with Crippen LogP contribution in [0.4, 0.5) is 0 Å². The Labute approximate surface area is 138 Å². The van der Waals surface area contributed by atoms with Gasteiger partial charge in [-0.15, -0.1) is 0 Å². The minimum atomic E-state index is -0.608. The van der Waals surface area contributed by atoms with Crippen LogP contribution in [-0.4, -0.2) is 47.7 Å². The van der Waals surface area contributed by atoms with Crippen molar-refractivity contribution in [3.63, 3.8) is 0 Å². The molecule has 0 aliphatic rings. The van der Waals surface area contributed by atoms with Crippen molar-refractivity contribution in [2.45, 2.75) is 13.0 Å². The third-order valence-corrected chi connectivity index (χ3v) is 4.25. The van der Waals surface area contributed by atoms with Crippen molar-refractivity contribution in [2.75, 3.05) is 24.9 Å². The molecule has 1 rings (SSSR count). The van der Waals surface area contributed by atoms with Crippen molar-refractivity contribution in [3.8, 4) is 5.75 Å². The Bertz CT molecular complexity index is 531. The summed E-state index contributed by atoms with van der Waals surface area (Å²) >= 11 is 2.40. The summed E-state index contributed by atoms with van der Waals surface area (Å²) in [7, 11) is 1.56. The Morgan fingerprint density at radius 3 is 2.36 bits per heavy atom. The van der Waals surface area contributed by atoms with E-state index in [0.29, 0.717) is 17.1 Å². The van der Waals surface area contributed by atoms with Crippen LogP contribution >= 0.6 is 23.5 Å². The number of nitrogens with one attached hydrogen (secondary N) is 1. The van der Waals surface area contributed by atoms with Crippen molar-refractivity contribution in [2.24, 2.45) is 0 Å². The molecule has 0 spiro atoms. The topological polar surface area (TPSA) is 72.5 Å². The quantitative estimate of drug-likeness (QED) is 0.729. The molecule has 0 radical (unpaired) electrons. The van der Waals surface area contributed by atoms with Crippen LogP contribution in [0.15, 0.2) is 24.3 Å². The molecule has 1 atom stereocenters. The van der Waals surface area contributed by atoms with E-state index in [-0.39, 0.29) is 22.6 Å². The fraction of sp³-hybridized carbons (Fsp3) is 0.400. The Morgan fingerprint density at radius 2 is 1.86 bits per heavy atom. The van der Waals surface area contributed by atoms with Gasteiger partial charge < -0.3 is 10.1 Å². The second kappa shape index (κ2) is 9.53. The summed E-state index contributed by atoms with van der Waals surface area (Å²) < 4.78 is 5.06. The molecular weight excluding hydrogens is 322 g/mol. The predicted molar refractivity (Wildman–Crippen MR) is 90.8 cm³/mol. The lowest BCUT2D eigenvalue weighted by molar-refractivity contribution is -0.119. The molecule has 0 aliphatic carbocycles. The molecule has 7 heteroatoms. The molecule has 0 unspecified atom stereocenters. The molecular formula is C15H19NO4S2. The lowest BCUT2D eigenvalue weighted by Crippen LogP contribution is -2.43. The molecule has 5 nitrogen and oxygen atoms in total. The maximum absolute atomic E-state index is 12.5. The van der Waals surface area contributed by atoms with E-state index >= 15 is 0 Å². The average molecular weight is 341 g/mol. The molecule has 0 fully saturated rings. The van der Waals surface area contributed by atoms with Crippen molar-refractivity contribution < 1.29 is 19.1 Å². The molecule has 0 saturated carbocycles. The zero-order valence-electron chi connectivity index (χ0n) is 12.8. The van der Waals surface area contributed by atoms with Gasteiger partial charge in [0.25, 0.3) is 0 Å². The number of methoxy groups -OCH3 is 1. The summed E-state index contributed by atoms with van der Waals surface area (Å²) in [5.41, 5.74) is 0.513. The van der Waals surface area contributed by atoms with Gasteiger partial charge in [-0.25, -0.2) is 0 Å². The molecule has 1 N–H and O–H groups in total. The van der Waals surface area contributed by atoms with E-state index in [9.17, 15) is 14.4 Å². The van der Waals surface area contributed by atoms with E-state index in [1.54, 1.807) is 31.4 Å². The van der Waals surface area contributed by atoms with Crippen LogP contribution in [0.3, 0.4) is 0 Å². The maximum atomic E-state index is 12.5. The predicted octanol–water partition coefficient (Wildman–Crippen LogP) is 2.01. The van der Waals surface area contributed by atoms with Gasteiger partial charge in [-0.05, 0) is 30.5 Å². The molecule has 0 heterocycles. The van der Waals surface area contributed by atoms with Crippen LogP contribution in [0, 0.1) is 0 Å². The van der Waals surface area contributed by atoms with Gasteiger partial charge in [-0.3, -0.25) is 14.4 Å². The fourth-order valence-corrected chi connectivity index (χ4v) is 2.69. The highest BCUT2D eigenvalue weighted by Gasteiger charge is 2.21. The largest absolute Gasteiger partial charge is 0.497 e. The number of carbonyl (C=O) groups excluding carboxylic acids is 3. The molecule has 22 heavy (non-hydrogen) atoms. The highest BCUT2D eigenvalue weighted by Crippen LogP contribution is 2.14. The number of rotatable bonds is 8. The Hall–Kier alpha value is -1.47. The summed E-state index contributed by atoms with van der Waals surface area (Å²) in [5, 5.41) is 2.56. The average Bonchev–Trinajstić information content (AvgIpc) is 2.52. The van der Waals surface area contributed by atoms with Crippen LogP contribution in [0.1, 0.15) is 17.3 Å². The van der Waals surface area contributed by atoms with Crippen molar-refractivity contribution in [1.82, 2.24) is 5.32 Å². The van der Waals surface area contributed by atoms with E-state index < -0.39 is 6.04 Å². The zero-order valence-corrected chi connectivity index (χ0v) is 14.4. The van der Waals surface area contributed by atoms with Crippen LogP contribution in [0.25, 0.3) is 0 Å².